The Hall–Kier alpha value is -4.21. The van der Waals surface area contributed by atoms with Crippen LogP contribution in [0.5, 0.6) is 0 Å². The molecule has 0 saturated heterocycles. The van der Waals surface area contributed by atoms with Crippen LogP contribution in [0.25, 0.3) is 10.9 Å². The lowest BCUT2D eigenvalue weighted by Gasteiger charge is -2.12. The van der Waals surface area contributed by atoms with Crippen LogP contribution in [0.4, 0.5) is 18.9 Å². The number of carbonyl (C=O) groups is 2. The highest BCUT2D eigenvalue weighted by atomic mass is 19.4. The molecule has 2 aromatic heterocycles. The molecule has 2 amide bonds. The molecule has 0 atom stereocenters. The summed E-state index contributed by atoms with van der Waals surface area (Å²) < 4.78 is 42.7. The molecule has 2 heterocycles. The maximum atomic E-state index is 13.8. The zero-order valence-electron chi connectivity index (χ0n) is 18.3. The Labute approximate surface area is 192 Å². The van der Waals surface area contributed by atoms with Crippen LogP contribution in [0.15, 0.2) is 54.6 Å². The quantitative estimate of drug-likeness (QED) is 0.452. The average molecular weight is 467 g/mol. The molecule has 2 aromatic carbocycles. The number of fused-ring (bicyclic) bond motifs is 1. The highest BCUT2D eigenvalue weighted by molar-refractivity contribution is 6.14. The first kappa shape index (κ1) is 23.0. The molecule has 34 heavy (non-hydrogen) atoms. The van der Waals surface area contributed by atoms with Gasteiger partial charge in [0.25, 0.3) is 11.8 Å². The highest BCUT2D eigenvalue weighted by Gasteiger charge is 2.39. The number of pyridine rings is 1. The van der Waals surface area contributed by atoms with Crippen molar-refractivity contribution in [3.63, 3.8) is 0 Å². The van der Waals surface area contributed by atoms with Crippen molar-refractivity contribution in [3.05, 3.63) is 88.4 Å². The molecule has 174 valence electrons. The van der Waals surface area contributed by atoms with Crippen LogP contribution in [-0.4, -0.2) is 26.6 Å². The van der Waals surface area contributed by atoms with E-state index in [0.717, 1.165) is 11.1 Å². The summed E-state index contributed by atoms with van der Waals surface area (Å²) in [5.74, 6) is -1.71. The van der Waals surface area contributed by atoms with E-state index in [9.17, 15) is 22.8 Å². The van der Waals surface area contributed by atoms with Crippen molar-refractivity contribution in [2.45, 2.75) is 26.6 Å². The molecule has 3 N–H and O–H groups in total. The highest BCUT2D eigenvalue weighted by Crippen LogP contribution is 2.36. The SMILES string of the molecule is Cc1ccccc1Cn1nc(C(F)(F)F)c(NC(=O)c2cc(C(N)=O)nc3ccccc23)c1C. The fraction of sp³-hybridized carbons (Fsp3) is 0.167. The van der Waals surface area contributed by atoms with Crippen molar-refractivity contribution >= 4 is 28.4 Å². The van der Waals surface area contributed by atoms with Crippen LogP contribution in [0.2, 0.25) is 0 Å². The molecule has 0 radical (unpaired) electrons. The smallest absolute Gasteiger partial charge is 0.364 e. The van der Waals surface area contributed by atoms with Crippen molar-refractivity contribution in [1.29, 1.82) is 0 Å². The number of halogens is 3. The van der Waals surface area contributed by atoms with Crippen molar-refractivity contribution in [2.75, 3.05) is 5.32 Å². The summed E-state index contributed by atoms with van der Waals surface area (Å²) in [5.41, 5.74) is 5.61. The lowest BCUT2D eigenvalue weighted by Crippen LogP contribution is -2.19. The Morgan fingerprint density at radius 2 is 1.74 bits per heavy atom. The summed E-state index contributed by atoms with van der Waals surface area (Å²) in [6.07, 6.45) is -4.80. The van der Waals surface area contributed by atoms with Gasteiger partial charge < -0.3 is 11.1 Å². The van der Waals surface area contributed by atoms with Crippen LogP contribution in [-0.2, 0) is 12.7 Å². The number of rotatable bonds is 5. The fourth-order valence-electron chi connectivity index (χ4n) is 3.67. The topological polar surface area (TPSA) is 103 Å². The molecule has 0 unspecified atom stereocenters. The molecule has 0 fully saturated rings. The third-order valence-corrected chi connectivity index (χ3v) is 5.51. The molecule has 7 nitrogen and oxygen atoms in total. The van der Waals surface area contributed by atoms with Gasteiger partial charge in [-0.2, -0.15) is 18.3 Å². The molecule has 0 bridgehead atoms. The Kier molecular flexibility index (Phi) is 5.82. The number of aryl methyl sites for hydroxylation is 1. The average Bonchev–Trinajstić information content (AvgIpc) is 3.10. The Balaban J connectivity index is 1.78. The van der Waals surface area contributed by atoms with E-state index >= 15 is 0 Å². The second-order valence-electron chi connectivity index (χ2n) is 7.78. The van der Waals surface area contributed by atoms with E-state index in [2.05, 4.69) is 15.4 Å². The summed E-state index contributed by atoms with van der Waals surface area (Å²) in [4.78, 5) is 29.0. The summed E-state index contributed by atoms with van der Waals surface area (Å²) >= 11 is 0. The number of carbonyl (C=O) groups excluding carboxylic acids is 2. The first-order valence-electron chi connectivity index (χ1n) is 10.3. The maximum absolute atomic E-state index is 13.8. The number of primary amides is 1. The van der Waals surface area contributed by atoms with Crippen LogP contribution in [0.1, 0.15) is 43.4 Å². The lowest BCUT2D eigenvalue weighted by atomic mass is 10.1. The van der Waals surface area contributed by atoms with Crippen molar-refractivity contribution in [2.24, 2.45) is 5.73 Å². The number of nitrogens with zero attached hydrogens (tertiary/aromatic N) is 3. The van der Waals surface area contributed by atoms with Crippen molar-refractivity contribution in [1.82, 2.24) is 14.8 Å². The number of hydrogen-bond acceptors (Lipinski definition) is 4. The van der Waals surface area contributed by atoms with Gasteiger partial charge in [-0.05, 0) is 37.1 Å². The molecule has 4 rings (SSSR count). The van der Waals surface area contributed by atoms with E-state index < -0.39 is 29.4 Å². The molecule has 0 aliphatic carbocycles. The van der Waals surface area contributed by atoms with Gasteiger partial charge in [-0.3, -0.25) is 14.3 Å². The molecule has 0 spiro atoms. The first-order chi connectivity index (χ1) is 16.1. The van der Waals surface area contributed by atoms with Gasteiger partial charge in [-0.25, -0.2) is 4.98 Å². The first-order valence-corrected chi connectivity index (χ1v) is 10.3. The number of nitrogens with one attached hydrogen (secondary N) is 1. The lowest BCUT2D eigenvalue weighted by molar-refractivity contribution is -0.140. The molecule has 4 aromatic rings. The van der Waals surface area contributed by atoms with Crippen LogP contribution < -0.4 is 11.1 Å². The zero-order valence-corrected chi connectivity index (χ0v) is 18.3. The van der Waals surface area contributed by atoms with E-state index in [4.69, 9.17) is 5.73 Å². The van der Waals surface area contributed by atoms with Gasteiger partial charge in [0.15, 0.2) is 5.69 Å². The predicted molar refractivity (Wildman–Crippen MR) is 120 cm³/mol. The number of amides is 2. The maximum Gasteiger partial charge on any atom is 0.437 e. The summed E-state index contributed by atoms with van der Waals surface area (Å²) in [6.45, 7) is 3.41. The molecular weight excluding hydrogens is 447 g/mol. The predicted octanol–water partition coefficient (Wildman–Crippen LogP) is 4.47. The second kappa shape index (κ2) is 8.62. The largest absolute Gasteiger partial charge is 0.437 e. The van der Waals surface area contributed by atoms with Crippen molar-refractivity contribution in [3.8, 4) is 0 Å². The van der Waals surface area contributed by atoms with E-state index in [1.807, 2.05) is 19.1 Å². The monoisotopic (exact) mass is 467 g/mol. The standard InChI is InChI=1S/C24H20F3N5O2/c1-13-7-3-4-8-15(13)12-32-14(2)20(21(31-32)24(25,26)27)30-23(34)17-11-19(22(28)33)29-18-10-6-5-9-16(17)18/h3-11H,12H2,1-2H3,(H2,28,33)(H,30,34). The van der Waals surface area contributed by atoms with Gasteiger partial charge in [-0.1, -0.05) is 42.5 Å². The van der Waals surface area contributed by atoms with Crippen LogP contribution in [0, 0.1) is 13.8 Å². The van der Waals surface area contributed by atoms with Gasteiger partial charge in [0.05, 0.1) is 29.0 Å². The molecule has 0 aliphatic rings. The Bertz CT molecular complexity index is 1430. The summed E-state index contributed by atoms with van der Waals surface area (Å²) in [7, 11) is 0. The summed E-state index contributed by atoms with van der Waals surface area (Å²) in [6, 6.07) is 14.9. The van der Waals surface area contributed by atoms with Gasteiger partial charge >= 0.3 is 6.18 Å². The van der Waals surface area contributed by atoms with Gasteiger partial charge in [0, 0.05) is 5.39 Å². The number of hydrogen-bond donors (Lipinski definition) is 2. The van der Waals surface area contributed by atoms with E-state index in [1.54, 1.807) is 36.4 Å². The minimum atomic E-state index is -4.80. The van der Waals surface area contributed by atoms with Gasteiger partial charge in [0.1, 0.15) is 5.69 Å². The molecule has 0 aliphatic heterocycles. The zero-order chi connectivity index (χ0) is 24.6. The number of nitrogens with two attached hydrogens (primary N) is 1. The van der Waals surface area contributed by atoms with Gasteiger partial charge in [-0.15, -0.1) is 0 Å². The molecule has 10 heteroatoms. The van der Waals surface area contributed by atoms with Gasteiger partial charge in [0.2, 0.25) is 0 Å². The number of para-hydroxylation sites is 1. The Morgan fingerprint density at radius 1 is 1.06 bits per heavy atom. The Morgan fingerprint density at radius 3 is 2.41 bits per heavy atom. The molecular formula is C24H20F3N5O2. The second-order valence-corrected chi connectivity index (χ2v) is 7.78. The summed E-state index contributed by atoms with van der Waals surface area (Å²) in [5, 5.41) is 6.49. The van der Waals surface area contributed by atoms with Crippen LogP contribution >= 0.6 is 0 Å². The van der Waals surface area contributed by atoms with E-state index in [-0.39, 0.29) is 23.5 Å². The number of anilines is 1. The third kappa shape index (κ3) is 4.34. The normalized spacial score (nSPS) is 11.6. The number of benzene rings is 2. The minimum Gasteiger partial charge on any atom is -0.364 e. The van der Waals surface area contributed by atoms with Crippen LogP contribution in [0.3, 0.4) is 0 Å². The number of alkyl halides is 3. The number of aromatic nitrogens is 3. The van der Waals surface area contributed by atoms with Crippen molar-refractivity contribution < 1.29 is 22.8 Å². The molecule has 0 saturated carbocycles. The third-order valence-electron chi connectivity index (χ3n) is 5.51. The fourth-order valence-corrected chi connectivity index (χ4v) is 3.67. The van der Waals surface area contributed by atoms with E-state index in [1.165, 1.54) is 17.7 Å². The van der Waals surface area contributed by atoms with E-state index in [0.29, 0.717) is 10.9 Å². The minimum absolute atomic E-state index is 0.0291.